The minimum absolute atomic E-state index is 0.624. The number of nitrogens with zero attached hydrogens (tertiary/aromatic N) is 5. The molecule has 24 heavy (non-hydrogen) atoms. The average molecular weight is 343 g/mol. The molecule has 1 fully saturated rings. The zero-order valence-corrected chi connectivity index (χ0v) is 13.6. The van der Waals surface area contributed by atoms with E-state index in [2.05, 4.69) is 30.2 Å². The van der Waals surface area contributed by atoms with E-state index in [4.69, 9.17) is 16.3 Å². The number of halogens is 1. The van der Waals surface area contributed by atoms with E-state index in [-0.39, 0.29) is 0 Å². The molecule has 0 atom stereocenters. The van der Waals surface area contributed by atoms with E-state index in [1.807, 2.05) is 24.3 Å². The number of rotatable bonds is 3. The summed E-state index contributed by atoms with van der Waals surface area (Å²) in [5, 5.41) is 3.90. The first-order valence-corrected chi connectivity index (χ1v) is 8.00. The molecule has 1 saturated heterocycles. The Bertz CT molecular complexity index is 868. The third-order valence-corrected chi connectivity index (χ3v) is 3.98. The van der Waals surface area contributed by atoms with Gasteiger partial charge in [0.1, 0.15) is 17.4 Å². The van der Waals surface area contributed by atoms with E-state index >= 15 is 0 Å². The van der Waals surface area contributed by atoms with Crippen molar-refractivity contribution in [2.45, 2.75) is 0 Å². The second-order valence-electron chi connectivity index (χ2n) is 5.36. The van der Waals surface area contributed by atoms with Gasteiger partial charge in [0.15, 0.2) is 5.82 Å². The number of anilines is 3. The van der Waals surface area contributed by atoms with Crippen molar-refractivity contribution in [3.63, 3.8) is 0 Å². The Hall–Kier alpha value is -2.51. The number of hydrogen-bond acceptors (Lipinski definition) is 7. The van der Waals surface area contributed by atoms with Crippen molar-refractivity contribution in [1.82, 2.24) is 19.9 Å². The Balaban J connectivity index is 1.71. The van der Waals surface area contributed by atoms with Crippen LogP contribution in [0.5, 0.6) is 0 Å². The maximum absolute atomic E-state index is 6.04. The van der Waals surface area contributed by atoms with Crippen LogP contribution in [0.2, 0.25) is 5.02 Å². The second kappa shape index (κ2) is 6.54. The molecule has 0 amide bonds. The highest BCUT2D eigenvalue weighted by Crippen LogP contribution is 2.24. The van der Waals surface area contributed by atoms with Gasteiger partial charge >= 0.3 is 0 Å². The van der Waals surface area contributed by atoms with Crippen molar-refractivity contribution in [3.05, 3.63) is 41.8 Å². The average Bonchev–Trinajstić information content (AvgIpc) is 2.62. The number of benzene rings is 1. The lowest BCUT2D eigenvalue weighted by atomic mass is 10.3. The van der Waals surface area contributed by atoms with E-state index in [0.29, 0.717) is 41.0 Å². The fourth-order valence-electron chi connectivity index (χ4n) is 2.55. The van der Waals surface area contributed by atoms with Crippen LogP contribution >= 0.6 is 11.6 Å². The SMILES string of the molecule is Clc1cccc(Nc2ncnc3cnc(N4CCOCC4)nc23)c1. The van der Waals surface area contributed by atoms with Crippen LogP contribution in [-0.4, -0.2) is 46.2 Å². The molecule has 7 nitrogen and oxygen atoms in total. The zero-order chi connectivity index (χ0) is 16.4. The van der Waals surface area contributed by atoms with Gasteiger partial charge in [-0.15, -0.1) is 0 Å². The Morgan fingerprint density at radius 2 is 2.00 bits per heavy atom. The summed E-state index contributed by atoms with van der Waals surface area (Å²) in [6.07, 6.45) is 3.21. The number of ether oxygens (including phenoxy) is 1. The Morgan fingerprint density at radius 3 is 2.83 bits per heavy atom. The smallest absolute Gasteiger partial charge is 0.226 e. The van der Waals surface area contributed by atoms with Gasteiger partial charge in [0.25, 0.3) is 0 Å². The molecule has 1 aliphatic heterocycles. The van der Waals surface area contributed by atoms with Crippen molar-refractivity contribution < 1.29 is 4.74 Å². The molecule has 0 radical (unpaired) electrons. The van der Waals surface area contributed by atoms with Crippen LogP contribution in [0.25, 0.3) is 11.0 Å². The van der Waals surface area contributed by atoms with Crippen molar-refractivity contribution in [1.29, 1.82) is 0 Å². The topological polar surface area (TPSA) is 76.1 Å². The van der Waals surface area contributed by atoms with Gasteiger partial charge in [-0.2, -0.15) is 0 Å². The lowest BCUT2D eigenvalue weighted by molar-refractivity contribution is 0.122. The van der Waals surface area contributed by atoms with Gasteiger partial charge in [0, 0.05) is 23.8 Å². The van der Waals surface area contributed by atoms with E-state index in [9.17, 15) is 0 Å². The van der Waals surface area contributed by atoms with Crippen molar-refractivity contribution in [3.8, 4) is 0 Å². The molecule has 0 aliphatic carbocycles. The van der Waals surface area contributed by atoms with E-state index < -0.39 is 0 Å². The van der Waals surface area contributed by atoms with Gasteiger partial charge in [-0.05, 0) is 18.2 Å². The highest BCUT2D eigenvalue weighted by Gasteiger charge is 2.16. The summed E-state index contributed by atoms with van der Waals surface area (Å²) >= 11 is 6.04. The van der Waals surface area contributed by atoms with Gasteiger partial charge in [-0.25, -0.2) is 19.9 Å². The molecule has 0 bridgehead atoms. The van der Waals surface area contributed by atoms with Crippen LogP contribution in [0.15, 0.2) is 36.8 Å². The molecule has 0 spiro atoms. The lowest BCUT2D eigenvalue weighted by Crippen LogP contribution is -2.37. The fourth-order valence-corrected chi connectivity index (χ4v) is 2.75. The van der Waals surface area contributed by atoms with Crippen LogP contribution < -0.4 is 10.2 Å². The maximum Gasteiger partial charge on any atom is 0.226 e. The predicted molar refractivity (Wildman–Crippen MR) is 92.9 cm³/mol. The molecule has 1 N–H and O–H groups in total. The van der Waals surface area contributed by atoms with E-state index in [0.717, 1.165) is 18.8 Å². The van der Waals surface area contributed by atoms with Gasteiger partial charge in [-0.1, -0.05) is 17.7 Å². The van der Waals surface area contributed by atoms with Crippen LogP contribution in [0.1, 0.15) is 0 Å². The van der Waals surface area contributed by atoms with Crippen molar-refractivity contribution in [2.75, 3.05) is 36.5 Å². The maximum atomic E-state index is 6.04. The summed E-state index contributed by atoms with van der Waals surface area (Å²) < 4.78 is 5.38. The summed E-state index contributed by atoms with van der Waals surface area (Å²) in [5.41, 5.74) is 2.20. The summed E-state index contributed by atoms with van der Waals surface area (Å²) in [6, 6.07) is 7.45. The molecule has 0 saturated carbocycles. The number of nitrogens with one attached hydrogen (secondary N) is 1. The minimum Gasteiger partial charge on any atom is -0.378 e. The van der Waals surface area contributed by atoms with Crippen molar-refractivity contribution >= 4 is 40.1 Å². The summed E-state index contributed by atoms with van der Waals surface area (Å²) in [4.78, 5) is 19.7. The lowest BCUT2D eigenvalue weighted by Gasteiger charge is -2.26. The molecule has 122 valence electrons. The highest BCUT2D eigenvalue weighted by molar-refractivity contribution is 6.30. The monoisotopic (exact) mass is 342 g/mol. The van der Waals surface area contributed by atoms with Crippen LogP contribution in [-0.2, 0) is 4.74 Å². The molecular formula is C16H15ClN6O. The normalized spacial score (nSPS) is 14.8. The molecule has 8 heteroatoms. The van der Waals surface area contributed by atoms with E-state index in [1.54, 1.807) is 6.20 Å². The molecule has 4 rings (SSSR count). The molecule has 1 aliphatic rings. The van der Waals surface area contributed by atoms with Gasteiger partial charge in [0.05, 0.1) is 19.4 Å². The number of fused-ring (bicyclic) bond motifs is 1. The molecule has 0 unspecified atom stereocenters. The summed E-state index contributed by atoms with van der Waals surface area (Å²) in [6.45, 7) is 2.91. The molecule has 3 aromatic rings. The largest absolute Gasteiger partial charge is 0.378 e. The van der Waals surface area contributed by atoms with Gasteiger partial charge < -0.3 is 15.0 Å². The highest BCUT2D eigenvalue weighted by atomic mass is 35.5. The van der Waals surface area contributed by atoms with Crippen LogP contribution in [0.4, 0.5) is 17.5 Å². The number of aromatic nitrogens is 4. The zero-order valence-electron chi connectivity index (χ0n) is 12.8. The van der Waals surface area contributed by atoms with Crippen molar-refractivity contribution in [2.24, 2.45) is 0 Å². The predicted octanol–water partition coefficient (Wildman–Crippen LogP) is 2.65. The standard InChI is InChI=1S/C16H15ClN6O/c17-11-2-1-3-12(8-11)21-15-14-13(19-10-20-15)9-18-16(22-14)23-4-6-24-7-5-23/h1-3,8-10H,4-7H2,(H,19,20,21). The summed E-state index contributed by atoms with van der Waals surface area (Å²) in [5.74, 6) is 1.29. The molecule has 1 aromatic carbocycles. The first-order chi connectivity index (χ1) is 11.8. The van der Waals surface area contributed by atoms with Crippen LogP contribution in [0.3, 0.4) is 0 Å². The van der Waals surface area contributed by atoms with E-state index in [1.165, 1.54) is 6.33 Å². The first kappa shape index (κ1) is 15.0. The molecule has 2 aromatic heterocycles. The Labute approximate surface area is 143 Å². The number of morpholine rings is 1. The first-order valence-electron chi connectivity index (χ1n) is 7.63. The summed E-state index contributed by atoms with van der Waals surface area (Å²) in [7, 11) is 0. The number of hydrogen-bond donors (Lipinski definition) is 1. The third-order valence-electron chi connectivity index (χ3n) is 3.75. The third kappa shape index (κ3) is 3.08. The quantitative estimate of drug-likeness (QED) is 0.784. The second-order valence-corrected chi connectivity index (χ2v) is 5.80. The van der Waals surface area contributed by atoms with Crippen LogP contribution in [0, 0.1) is 0 Å². The molecule has 3 heterocycles. The van der Waals surface area contributed by atoms with Gasteiger partial charge in [-0.3, -0.25) is 0 Å². The Kier molecular flexibility index (Phi) is 4.10. The van der Waals surface area contributed by atoms with Gasteiger partial charge in [0.2, 0.25) is 5.95 Å². The minimum atomic E-state index is 0.624. The Morgan fingerprint density at radius 1 is 1.12 bits per heavy atom. The fraction of sp³-hybridized carbons (Fsp3) is 0.250. The molecular weight excluding hydrogens is 328 g/mol.